The van der Waals surface area contributed by atoms with Crippen molar-refractivity contribution >= 4 is 5.71 Å². The zero-order valence-corrected chi connectivity index (χ0v) is 11.6. The van der Waals surface area contributed by atoms with Crippen LogP contribution < -0.4 is 4.74 Å². The van der Waals surface area contributed by atoms with Crippen molar-refractivity contribution in [1.82, 2.24) is 0 Å². The number of nitrogens with zero attached hydrogens (tertiary/aromatic N) is 1. The van der Waals surface area contributed by atoms with Crippen molar-refractivity contribution in [1.29, 1.82) is 0 Å². The summed E-state index contributed by atoms with van der Waals surface area (Å²) in [6, 6.07) is 5.92. The van der Waals surface area contributed by atoms with Crippen molar-refractivity contribution in [2.75, 3.05) is 6.61 Å². The van der Waals surface area contributed by atoms with E-state index < -0.39 is 0 Å². The molecule has 0 fully saturated rings. The highest BCUT2D eigenvalue weighted by atomic mass is 16.5. The predicted octanol–water partition coefficient (Wildman–Crippen LogP) is 4.15. The fourth-order valence-electron chi connectivity index (χ4n) is 1.81. The molecule has 1 rings (SSSR count). The molecule has 1 aromatic carbocycles. The van der Waals surface area contributed by atoms with Crippen molar-refractivity contribution < 1.29 is 9.94 Å². The summed E-state index contributed by atoms with van der Waals surface area (Å²) in [6.07, 6.45) is 4.74. The number of benzene rings is 1. The molecule has 0 saturated heterocycles. The summed E-state index contributed by atoms with van der Waals surface area (Å²) in [7, 11) is 0. The molecule has 0 aliphatic heterocycles. The fourth-order valence-corrected chi connectivity index (χ4v) is 1.81. The summed E-state index contributed by atoms with van der Waals surface area (Å²) in [5, 5.41) is 12.1. The molecule has 1 aromatic rings. The van der Waals surface area contributed by atoms with Gasteiger partial charge >= 0.3 is 0 Å². The van der Waals surface area contributed by atoms with Crippen molar-refractivity contribution in [3.05, 3.63) is 29.3 Å². The van der Waals surface area contributed by atoms with Crippen LogP contribution in [0.15, 0.2) is 23.4 Å². The predicted molar refractivity (Wildman–Crippen MR) is 74.8 cm³/mol. The van der Waals surface area contributed by atoms with Gasteiger partial charge in [0.05, 0.1) is 12.3 Å². The normalized spacial score (nSPS) is 11.6. The minimum Gasteiger partial charge on any atom is -0.493 e. The van der Waals surface area contributed by atoms with Crippen LogP contribution in [0, 0.1) is 6.92 Å². The molecule has 0 saturated carbocycles. The van der Waals surface area contributed by atoms with Crippen LogP contribution in [-0.2, 0) is 0 Å². The monoisotopic (exact) mass is 249 g/mol. The summed E-state index contributed by atoms with van der Waals surface area (Å²) < 4.78 is 5.80. The van der Waals surface area contributed by atoms with Crippen molar-refractivity contribution in [3.63, 3.8) is 0 Å². The lowest BCUT2D eigenvalue weighted by atomic mass is 10.1. The Bertz CT molecular complexity index is 399. The van der Waals surface area contributed by atoms with E-state index >= 15 is 0 Å². The van der Waals surface area contributed by atoms with Gasteiger partial charge in [0, 0.05) is 5.56 Å². The number of aryl methyl sites for hydroxylation is 1. The molecular formula is C15H23NO2. The molecule has 0 amide bonds. The van der Waals surface area contributed by atoms with Gasteiger partial charge in [0.1, 0.15) is 5.75 Å². The van der Waals surface area contributed by atoms with Crippen LogP contribution in [0.5, 0.6) is 5.75 Å². The maximum atomic E-state index is 8.86. The molecule has 0 atom stereocenters. The first-order chi connectivity index (χ1) is 8.69. The summed E-state index contributed by atoms with van der Waals surface area (Å²) in [4.78, 5) is 0. The molecule has 0 aliphatic carbocycles. The van der Waals surface area contributed by atoms with E-state index in [0.717, 1.165) is 29.9 Å². The number of hydrogen-bond donors (Lipinski definition) is 1. The largest absolute Gasteiger partial charge is 0.493 e. The molecule has 3 nitrogen and oxygen atoms in total. The standard InChI is InChI=1S/C15H23NO2/c1-4-5-6-7-10-18-15-11-12(2)8-9-14(15)13(3)16-17/h8-9,11,17H,4-7,10H2,1-3H3. The Labute approximate surface area is 109 Å². The van der Waals surface area contributed by atoms with Crippen molar-refractivity contribution in [3.8, 4) is 5.75 Å². The maximum Gasteiger partial charge on any atom is 0.128 e. The lowest BCUT2D eigenvalue weighted by Crippen LogP contribution is -2.04. The highest BCUT2D eigenvalue weighted by Crippen LogP contribution is 2.21. The van der Waals surface area contributed by atoms with Gasteiger partial charge in [-0.05, 0) is 38.0 Å². The van der Waals surface area contributed by atoms with E-state index in [1.165, 1.54) is 19.3 Å². The van der Waals surface area contributed by atoms with E-state index in [4.69, 9.17) is 9.94 Å². The summed E-state index contributed by atoms with van der Waals surface area (Å²) in [6.45, 7) is 6.71. The van der Waals surface area contributed by atoms with Crippen LogP contribution in [-0.4, -0.2) is 17.5 Å². The van der Waals surface area contributed by atoms with E-state index in [9.17, 15) is 0 Å². The molecule has 0 aliphatic rings. The van der Waals surface area contributed by atoms with Gasteiger partial charge < -0.3 is 9.94 Å². The van der Waals surface area contributed by atoms with Gasteiger partial charge in [0.2, 0.25) is 0 Å². The van der Waals surface area contributed by atoms with Crippen LogP contribution >= 0.6 is 0 Å². The zero-order chi connectivity index (χ0) is 13.4. The number of unbranched alkanes of at least 4 members (excludes halogenated alkanes) is 3. The third-order valence-electron chi connectivity index (χ3n) is 2.93. The SMILES string of the molecule is CCCCCCOc1cc(C)ccc1C(C)=NO. The lowest BCUT2D eigenvalue weighted by Gasteiger charge is -2.11. The topological polar surface area (TPSA) is 41.8 Å². The van der Waals surface area contributed by atoms with Crippen LogP contribution in [0.2, 0.25) is 0 Å². The van der Waals surface area contributed by atoms with E-state index in [-0.39, 0.29) is 0 Å². The van der Waals surface area contributed by atoms with E-state index in [1.54, 1.807) is 6.92 Å². The smallest absolute Gasteiger partial charge is 0.128 e. The van der Waals surface area contributed by atoms with E-state index in [1.807, 2.05) is 25.1 Å². The van der Waals surface area contributed by atoms with E-state index in [0.29, 0.717) is 5.71 Å². The second-order valence-corrected chi connectivity index (χ2v) is 4.59. The van der Waals surface area contributed by atoms with Crippen LogP contribution in [0.1, 0.15) is 50.7 Å². The van der Waals surface area contributed by atoms with Gasteiger partial charge in [0.15, 0.2) is 0 Å². The van der Waals surface area contributed by atoms with Gasteiger partial charge in [-0.25, -0.2) is 0 Å². The first kappa shape index (κ1) is 14.6. The van der Waals surface area contributed by atoms with Crippen LogP contribution in [0.3, 0.4) is 0 Å². The molecule has 0 bridgehead atoms. The highest BCUT2D eigenvalue weighted by Gasteiger charge is 2.07. The average molecular weight is 249 g/mol. The number of hydrogen-bond acceptors (Lipinski definition) is 3. The Hall–Kier alpha value is -1.51. The number of ether oxygens (including phenoxy) is 1. The minimum absolute atomic E-state index is 0.582. The molecule has 1 N–H and O–H groups in total. The molecular weight excluding hydrogens is 226 g/mol. The summed E-state index contributed by atoms with van der Waals surface area (Å²) in [5.74, 6) is 0.807. The Morgan fingerprint density at radius 2 is 2.06 bits per heavy atom. The Morgan fingerprint density at radius 3 is 2.72 bits per heavy atom. The summed E-state index contributed by atoms with van der Waals surface area (Å²) in [5.41, 5.74) is 2.59. The highest BCUT2D eigenvalue weighted by molar-refractivity contribution is 6.00. The lowest BCUT2D eigenvalue weighted by molar-refractivity contribution is 0.302. The first-order valence-corrected chi connectivity index (χ1v) is 6.61. The number of rotatable bonds is 7. The molecule has 0 aromatic heterocycles. The molecule has 0 unspecified atom stereocenters. The Kier molecular flexibility index (Phi) is 6.26. The fraction of sp³-hybridized carbons (Fsp3) is 0.533. The molecule has 100 valence electrons. The quantitative estimate of drug-likeness (QED) is 0.341. The molecule has 3 heteroatoms. The van der Waals surface area contributed by atoms with Gasteiger partial charge in [-0.3, -0.25) is 0 Å². The van der Waals surface area contributed by atoms with Crippen molar-refractivity contribution in [2.24, 2.45) is 5.16 Å². The Balaban J connectivity index is 2.65. The number of oxime groups is 1. The summed E-state index contributed by atoms with van der Waals surface area (Å²) >= 11 is 0. The third kappa shape index (κ3) is 4.40. The van der Waals surface area contributed by atoms with Crippen LogP contribution in [0.25, 0.3) is 0 Å². The zero-order valence-electron chi connectivity index (χ0n) is 11.6. The van der Waals surface area contributed by atoms with Crippen LogP contribution in [0.4, 0.5) is 0 Å². The second-order valence-electron chi connectivity index (χ2n) is 4.59. The Morgan fingerprint density at radius 1 is 1.28 bits per heavy atom. The van der Waals surface area contributed by atoms with Gasteiger partial charge in [0.25, 0.3) is 0 Å². The molecule has 18 heavy (non-hydrogen) atoms. The van der Waals surface area contributed by atoms with E-state index in [2.05, 4.69) is 12.1 Å². The molecule has 0 spiro atoms. The minimum atomic E-state index is 0.582. The first-order valence-electron chi connectivity index (χ1n) is 6.61. The maximum absolute atomic E-state index is 8.86. The second kappa shape index (κ2) is 7.75. The van der Waals surface area contributed by atoms with Gasteiger partial charge in [-0.15, -0.1) is 0 Å². The van der Waals surface area contributed by atoms with Gasteiger partial charge in [-0.2, -0.15) is 0 Å². The van der Waals surface area contributed by atoms with Crippen molar-refractivity contribution in [2.45, 2.75) is 46.5 Å². The molecule has 0 heterocycles. The third-order valence-corrected chi connectivity index (χ3v) is 2.93. The molecule has 0 radical (unpaired) electrons. The van der Waals surface area contributed by atoms with Gasteiger partial charge in [-0.1, -0.05) is 37.4 Å². The average Bonchev–Trinajstić information content (AvgIpc) is 2.38.